The van der Waals surface area contributed by atoms with E-state index in [-0.39, 0.29) is 12.0 Å². The number of benzene rings is 2. The molecule has 1 amide bonds. The van der Waals surface area contributed by atoms with Crippen molar-refractivity contribution in [3.05, 3.63) is 47.5 Å². The third kappa shape index (κ3) is 3.71. The van der Waals surface area contributed by atoms with Gasteiger partial charge in [-0.2, -0.15) is 0 Å². The monoisotopic (exact) mass is 340 g/mol. The summed E-state index contributed by atoms with van der Waals surface area (Å²) >= 11 is 0. The van der Waals surface area contributed by atoms with Gasteiger partial charge >= 0.3 is 0 Å². The topological polar surface area (TPSA) is 50.8 Å². The van der Waals surface area contributed by atoms with Crippen molar-refractivity contribution >= 4 is 17.3 Å². The second-order valence-electron chi connectivity index (χ2n) is 6.42. The molecule has 0 radical (unpaired) electrons. The molecule has 132 valence electrons. The van der Waals surface area contributed by atoms with E-state index in [1.807, 2.05) is 69.2 Å². The molecule has 2 aromatic rings. The molecule has 1 N–H and O–H groups in total. The van der Waals surface area contributed by atoms with E-state index >= 15 is 0 Å². The van der Waals surface area contributed by atoms with Gasteiger partial charge in [-0.1, -0.05) is 0 Å². The fourth-order valence-electron chi connectivity index (χ4n) is 2.92. The van der Waals surface area contributed by atoms with Crippen molar-refractivity contribution in [2.24, 2.45) is 0 Å². The van der Waals surface area contributed by atoms with Crippen LogP contribution >= 0.6 is 0 Å². The standard InChI is InChI=1S/C20H24N2O3/c1-5-24-19-11-15-10-13(2)25-18(15)12-17(19)21-20(23)14-6-8-16(9-7-14)22(3)4/h6-9,11-13H,5,10H2,1-4H3,(H,21,23). The molecule has 0 aliphatic carbocycles. The zero-order valence-corrected chi connectivity index (χ0v) is 15.1. The summed E-state index contributed by atoms with van der Waals surface area (Å²) in [6, 6.07) is 11.3. The van der Waals surface area contributed by atoms with Crippen LogP contribution in [0.1, 0.15) is 29.8 Å². The molecule has 0 saturated heterocycles. The van der Waals surface area contributed by atoms with E-state index in [9.17, 15) is 4.79 Å². The maximum Gasteiger partial charge on any atom is 0.255 e. The number of carbonyl (C=O) groups excluding carboxylic acids is 1. The Labute approximate surface area is 148 Å². The molecule has 1 aliphatic rings. The lowest BCUT2D eigenvalue weighted by atomic mass is 10.1. The highest BCUT2D eigenvalue weighted by atomic mass is 16.5. The van der Waals surface area contributed by atoms with Gasteiger partial charge in [0.1, 0.15) is 17.6 Å². The number of hydrogen-bond acceptors (Lipinski definition) is 4. The minimum Gasteiger partial charge on any atom is -0.492 e. The first-order valence-corrected chi connectivity index (χ1v) is 8.53. The maximum atomic E-state index is 12.6. The highest BCUT2D eigenvalue weighted by Crippen LogP contribution is 2.38. The number of rotatable bonds is 5. The van der Waals surface area contributed by atoms with Crippen molar-refractivity contribution in [3.63, 3.8) is 0 Å². The van der Waals surface area contributed by atoms with Crippen LogP contribution in [0, 0.1) is 0 Å². The summed E-state index contributed by atoms with van der Waals surface area (Å²) in [5, 5.41) is 2.95. The van der Waals surface area contributed by atoms with E-state index in [0.29, 0.717) is 23.6 Å². The van der Waals surface area contributed by atoms with E-state index in [1.54, 1.807) is 0 Å². The number of hydrogen-bond donors (Lipinski definition) is 1. The Bertz CT molecular complexity index is 769. The Morgan fingerprint density at radius 3 is 2.64 bits per heavy atom. The number of fused-ring (bicyclic) bond motifs is 1. The van der Waals surface area contributed by atoms with Crippen molar-refractivity contribution in [1.29, 1.82) is 0 Å². The van der Waals surface area contributed by atoms with Crippen molar-refractivity contribution in [2.75, 3.05) is 30.9 Å². The lowest BCUT2D eigenvalue weighted by Gasteiger charge is -2.15. The molecule has 5 heteroatoms. The zero-order chi connectivity index (χ0) is 18.0. The number of ether oxygens (including phenoxy) is 2. The van der Waals surface area contributed by atoms with Crippen LogP contribution in [0.4, 0.5) is 11.4 Å². The van der Waals surface area contributed by atoms with Gasteiger partial charge in [-0.25, -0.2) is 0 Å². The van der Waals surface area contributed by atoms with Crippen LogP contribution < -0.4 is 19.7 Å². The van der Waals surface area contributed by atoms with Crippen LogP contribution in [-0.2, 0) is 6.42 Å². The molecule has 25 heavy (non-hydrogen) atoms. The van der Waals surface area contributed by atoms with E-state index in [4.69, 9.17) is 9.47 Å². The minimum atomic E-state index is -0.169. The first-order valence-electron chi connectivity index (χ1n) is 8.53. The molecule has 2 aromatic carbocycles. The summed E-state index contributed by atoms with van der Waals surface area (Å²) in [6.07, 6.45) is 1.00. The summed E-state index contributed by atoms with van der Waals surface area (Å²) < 4.78 is 11.5. The first-order chi connectivity index (χ1) is 12.0. The largest absolute Gasteiger partial charge is 0.492 e. The number of carbonyl (C=O) groups is 1. The van der Waals surface area contributed by atoms with E-state index in [0.717, 1.165) is 23.4 Å². The number of amides is 1. The molecule has 1 atom stereocenters. The molecule has 1 aliphatic heterocycles. The molecule has 1 unspecified atom stereocenters. The van der Waals surface area contributed by atoms with Gasteiger partial charge in [0.25, 0.3) is 5.91 Å². The number of anilines is 2. The third-order valence-electron chi connectivity index (χ3n) is 4.19. The molecule has 0 saturated carbocycles. The van der Waals surface area contributed by atoms with Crippen LogP contribution in [-0.4, -0.2) is 32.7 Å². The Morgan fingerprint density at radius 2 is 2.00 bits per heavy atom. The molecule has 0 aromatic heterocycles. The molecule has 5 nitrogen and oxygen atoms in total. The van der Waals surface area contributed by atoms with Gasteiger partial charge in [-0.15, -0.1) is 0 Å². The second-order valence-corrected chi connectivity index (χ2v) is 6.42. The normalized spacial score (nSPS) is 15.3. The van der Waals surface area contributed by atoms with Crippen LogP contribution in [0.2, 0.25) is 0 Å². The second kappa shape index (κ2) is 7.05. The van der Waals surface area contributed by atoms with E-state index in [2.05, 4.69) is 5.32 Å². The molecule has 0 bridgehead atoms. The predicted molar refractivity (Wildman–Crippen MR) is 100 cm³/mol. The van der Waals surface area contributed by atoms with Crippen molar-refractivity contribution in [1.82, 2.24) is 0 Å². The van der Waals surface area contributed by atoms with E-state index in [1.165, 1.54) is 0 Å². The van der Waals surface area contributed by atoms with E-state index < -0.39 is 0 Å². The Morgan fingerprint density at radius 1 is 1.28 bits per heavy atom. The van der Waals surface area contributed by atoms with Crippen molar-refractivity contribution < 1.29 is 14.3 Å². The molecule has 0 fully saturated rings. The summed E-state index contributed by atoms with van der Waals surface area (Å²) in [6.45, 7) is 4.50. The predicted octanol–water partition coefficient (Wildman–Crippen LogP) is 3.73. The van der Waals surface area contributed by atoms with Crippen LogP contribution in [0.25, 0.3) is 0 Å². The Kier molecular flexibility index (Phi) is 4.83. The molecule has 0 spiro atoms. The summed E-state index contributed by atoms with van der Waals surface area (Å²) in [5.74, 6) is 1.32. The van der Waals surface area contributed by atoms with Gasteiger partial charge in [0, 0.05) is 43.4 Å². The molecular formula is C20H24N2O3. The van der Waals surface area contributed by atoms with Crippen molar-refractivity contribution in [2.45, 2.75) is 26.4 Å². The van der Waals surface area contributed by atoms with Gasteiger partial charge in [0.05, 0.1) is 12.3 Å². The molecular weight excluding hydrogens is 316 g/mol. The SMILES string of the molecule is CCOc1cc2c(cc1NC(=O)c1ccc(N(C)C)cc1)OC(C)C2. The van der Waals surface area contributed by atoms with Gasteiger partial charge in [-0.05, 0) is 44.2 Å². The fourth-order valence-corrected chi connectivity index (χ4v) is 2.92. The summed E-state index contributed by atoms with van der Waals surface area (Å²) in [7, 11) is 3.93. The lowest BCUT2D eigenvalue weighted by Crippen LogP contribution is -2.14. The smallest absolute Gasteiger partial charge is 0.255 e. The summed E-state index contributed by atoms with van der Waals surface area (Å²) in [4.78, 5) is 14.6. The minimum absolute atomic E-state index is 0.147. The molecule has 3 rings (SSSR count). The maximum absolute atomic E-state index is 12.6. The quantitative estimate of drug-likeness (QED) is 0.901. The average Bonchev–Trinajstić information content (AvgIpc) is 2.94. The Balaban J connectivity index is 1.84. The average molecular weight is 340 g/mol. The lowest BCUT2D eigenvalue weighted by molar-refractivity contribution is 0.102. The first kappa shape index (κ1) is 17.1. The highest BCUT2D eigenvalue weighted by molar-refractivity contribution is 6.05. The fraction of sp³-hybridized carbons (Fsp3) is 0.350. The number of nitrogens with zero attached hydrogens (tertiary/aromatic N) is 1. The van der Waals surface area contributed by atoms with Gasteiger partial charge in [0.2, 0.25) is 0 Å². The molecule has 1 heterocycles. The van der Waals surface area contributed by atoms with Crippen LogP contribution in [0.5, 0.6) is 11.5 Å². The van der Waals surface area contributed by atoms with Crippen LogP contribution in [0.15, 0.2) is 36.4 Å². The number of nitrogens with one attached hydrogen (secondary N) is 1. The highest BCUT2D eigenvalue weighted by Gasteiger charge is 2.22. The van der Waals surface area contributed by atoms with Crippen molar-refractivity contribution in [3.8, 4) is 11.5 Å². The van der Waals surface area contributed by atoms with Gasteiger partial charge in [-0.3, -0.25) is 4.79 Å². The van der Waals surface area contributed by atoms with Gasteiger partial charge in [0.15, 0.2) is 0 Å². The Hall–Kier alpha value is -2.69. The van der Waals surface area contributed by atoms with Gasteiger partial charge < -0.3 is 19.7 Å². The zero-order valence-electron chi connectivity index (χ0n) is 15.1. The van der Waals surface area contributed by atoms with Crippen LogP contribution in [0.3, 0.4) is 0 Å². The summed E-state index contributed by atoms with van der Waals surface area (Å²) in [5.41, 5.74) is 3.40. The third-order valence-corrected chi connectivity index (χ3v) is 4.19.